The van der Waals surface area contributed by atoms with Crippen molar-refractivity contribution in [2.24, 2.45) is 5.92 Å². The van der Waals surface area contributed by atoms with E-state index >= 15 is 0 Å². The van der Waals surface area contributed by atoms with Crippen LogP contribution in [0.1, 0.15) is 12.8 Å². The van der Waals surface area contributed by atoms with Crippen molar-refractivity contribution in [2.75, 3.05) is 26.8 Å². The quantitative estimate of drug-likeness (QED) is 0.665. The predicted octanol–water partition coefficient (Wildman–Crippen LogP) is 1.39. The number of amides is 1. The smallest absolute Gasteiger partial charge is 0.278 e. The number of nitrogens with zero attached hydrogens (tertiary/aromatic N) is 1. The summed E-state index contributed by atoms with van der Waals surface area (Å²) in [7, 11) is 1.78. The summed E-state index contributed by atoms with van der Waals surface area (Å²) in [5.74, 6) is 0.597. The van der Waals surface area contributed by atoms with Crippen LogP contribution >= 0.6 is 12.6 Å². The molecule has 1 heterocycles. The maximum Gasteiger partial charge on any atom is 0.278 e. The molecule has 1 rings (SSSR count). The molecule has 0 aromatic rings. The molecule has 1 aliphatic heterocycles. The topological polar surface area (TPSA) is 29.5 Å². The normalized spacial score (nSPS) is 19.2. The summed E-state index contributed by atoms with van der Waals surface area (Å²) in [4.78, 5) is 12.4. The minimum Gasteiger partial charge on any atom is -0.381 e. The van der Waals surface area contributed by atoms with Gasteiger partial charge in [0.15, 0.2) is 0 Å². The summed E-state index contributed by atoms with van der Waals surface area (Å²) >= 11 is 3.75. The number of hydrogen-bond donors (Lipinski definition) is 1. The fraction of sp³-hybridized carbons (Fsp3) is 0.875. The minimum atomic E-state index is -0.151. The number of thiol groups is 1. The fourth-order valence-corrected chi connectivity index (χ4v) is 1.48. The summed E-state index contributed by atoms with van der Waals surface area (Å²) in [6.07, 6.45) is 2.12. The molecule has 1 aliphatic rings. The largest absolute Gasteiger partial charge is 0.381 e. The lowest BCUT2D eigenvalue weighted by Crippen LogP contribution is -2.31. The Labute approximate surface area is 78.5 Å². The first kappa shape index (κ1) is 9.86. The van der Waals surface area contributed by atoms with Gasteiger partial charge in [-0.15, -0.1) is 0 Å². The van der Waals surface area contributed by atoms with Crippen molar-refractivity contribution in [3.8, 4) is 0 Å². The second-order valence-electron chi connectivity index (χ2n) is 3.22. The molecule has 0 aromatic carbocycles. The summed E-state index contributed by atoms with van der Waals surface area (Å²) in [5.41, 5.74) is 0. The first-order valence-corrected chi connectivity index (χ1v) is 4.66. The van der Waals surface area contributed by atoms with Crippen LogP contribution in [-0.2, 0) is 4.74 Å². The van der Waals surface area contributed by atoms with Crippen LogP contribution in [0.2, 0.25) is 0 Å². The van der Waals surface area contributed by atoms with E-state index in [1.807, 2.05) is 0 Å². The number of rotatable bonds is 2. The fourth-order valence-electron chi connectivity index (χ4n) is 1.39. The zero-order chi connectivity index (χ0) is 8.97. The van der Waals surface area contributed by atoms with Crippen molar-refractivity contribution in [3.05, 3.63) is 0 Å². The third kappa shape index (κ3) is 3.03. The monoisotopic (exact) mass is 189 g/mol. The minimum absolute atomic E-state index is 0.151. The molecule has 4 heteroatoms. The second kappa shape index (κ2) is 4.72. The van der Waals surface area contributed by atoms with Crippen LogP contribution in [-0.4, -0.2) is 36.9 Å². The maximum absolute atomic E-state index is 10.8. The molecular formula is C8H15NO2S. The van der Waals surface area contributed by atoms with Gasteiger partial charge in [-0.3, -0.25) is 4.79 Å². The Kier molecular flexibility index (Phi) is 3.88. The van der Waals surface area contributed by atoms with E-state index in [9.17, 15) is 4.79 Å². The SMILES string of the molecule is CN(CC1CCOCC1)C(=O)S. The van der Waals surface area contributed by atoms with Crippen LogP contribution in [0.15, 0.2) is 0 Å². The van der Waals surface area contributed by atoms with Gasteiger partial charge < -0.3 is 9.64 Å². The van der Waals surface area contributed by atoms with Crippen molar-refractivity contribution in [3.63, 3.8) is 0 Å². The van der Waals surface area contributed by atoms with E-state index in [2.05, 4.69) is 12.6 Å². The van der Waals surface area contributed by atoms with Gasteiger partial charge in [-0.2, -0.15) is 0 Å². The Hall–Kier alpha value is -0.220. The molecule has 0 radical (unpaired) electrons. The Bertz CT molecular complexity index is 157. The molecule has 3 nitrogen and oxygen atoms in total. The molecule has 1 saturated heterocycles. The summed E-state index contributed by atoms with van der Waals surface area (Å²) in [6, 6.07) is 0. The van der Waals surface area contributed by atoms with Crippen LogP contribution in [0, 0.1) is 5.92 Å². The van der Waals surface area contributed by atoms with Gasteiger partial charge in [0.05, 0.1) is 0 Å². The van der Waals surface area contributed by atoms with E-state index in [-0.39, 0.29) is 5.24 Å². The van der Waals surface area contributed by atoms with Crippen LogP contribution in [0.4, 0.5) is 4.79 Å². The molecule has 1 fully saturated rings. The van der Waals surface area contributed by atoms with E-state index in [0.717, 1.165) is 32.6 Å². The average molecular weight is 189 g/mol. The molecule has 0 bridgehead atoms. The van der Waals surface area contributed by atoms with Crippen LogP contribution < -0.4 is 0 Å². The first-order chi connectivity index (χ1) is 5.70. The van der Waals surface area contributed by atoms with E-state index in [1.165, 1.54) is 0 Å². The standard InChI is InChI=1S/C8H15NO2S/c1-9(8(10)12)6-7-2-4-11-5-3-7/h7H,2-6H2,1H3,(H,10,12). The lowest BCUT2D eigenvalue weighted by atomic mass is 10.0. The molecule has 70 valence electrons. The van der Waals surface area contributed by atoms with Crippen molar-refractivity contribution in [1.29, 1.82) is 0 Å². The molecule has 0 spiro atoms. The van der Waals surface area contributed by atoms with Gasteiger partial charge in [-0.05, 0) is 18.8 Å². The molecule has 0 aromatic heterocycles. The summed E-state index contributed by atoms with van der Waals surface area (Å²) in [6.45, 7) is 2.48. The highest BCUT2D eigenvalue weighted by molar-refractivity contribution is 7.96. The Balaban J connectivity index is 2.24. The van der Waals surface area contributed by atoms with Gasteiger partial charge in [-0.25, -0.2) is 0 Å². The molecule has 0 aliphatic carbocycles. The second-order valence-corrected chi connectivity index (χ2v) is 3.60. The third-order valence-electron chi connectivity index (χ3n) is 2.20. The van der Waals surface area contributed by atoms with Gasteiger partial charge in [-0.1, -0.05) is 12.6 Å². The summed E-state index contributed by atoms with van der Waals surface area (Å²) in [5, 5.41) is -0.151. The highest BCUT2D eigenvalue weighted by atomic mass is 32.1. The highest BCUT2D eigenvalue weighted by Crippen LogP contribution is 2.15. The zero-order valence-electron chi connectivity index (χ0n) is 7.32. The number of carbonyl (C=O) groups excluding carboxylic acids is 1. The van der Waals surface area contributed by atoms with Crippen molar-refractivity contribution in [2.45, 2.75) is 12.8 Å². The Morgan fingerprint density at radius 3 is 2.67 bits per heavy atom. The summed E-state index contributed by atoms with van der Waals surface area (Å²) < 4.78 is 5.22. The highest BCUT2D eigenvalue weighted by Gasteiger charge is 2.16. The van der Waals surface area contributed by atoms with Gasteiger partial charge in [0.1, 0.15) is 0 Å². The van der Waals surface area contributed by atoms with E-state index in [4.69, 9.17) is 4.74 Å². The molecule has 12 heavy (non-hydrogen) atoms. The molecule has 0 atom stereocenters. The zero-order valence-corrected chi connectivity index (χ0v) is 8.22. The van der Waals surface area contributed by atoms with Crippen molar-refractivity contribution >= 4 is 17.9 Å². The van der Waals surface area contributed by atoms with Crippen LogP contribution in [0.5, 0.6) is 0 Å². The average Bonchev–Trinajstić information content (AvgIpc) is 2.06. The van der Waals surface area contributed by atoms with Crippen molar-refractivity contribution in [1.82, 2.24) is 4.90 Å². The first-order valence-electron chi connectivity index (χ1n) is 4.22. The lowest BCUT2D eigenvalue weighted by molar-refractivity contribution is 0.0598. The lowest BCUT2D eigenvalue weighted by Gasteiger charge is -2.25. The van der Waals surface area contributed by atoms with E-state index in [1.54, 1.807) is 11.9 Å². The van der Waals surface area contributed by atoms with Crippen molar-refractivity contribution < 1.29 is 9.53 Å². The number of ether oxygens (including phenoxy) is 1. The molecular weight excluding hydrogens is 174 g/mol. The van der Waals surface area contributed by atoms with Gasteiger partial charge in [0.2, 0.25) is 0 Å². The molecule has 0 unspecified atom stereocenters. The number of hydrogen-bond acceptors (Lipinski definition) is 2. The van der Waals surface area contributed by atoms with E-state index < -0.39 is 0 Å². The van der Waals surface area contributed by atoms with E-state index in [0.29, 0.717) is 5.92 Å². The molecule has 0 N–H and O–H groups in total. The number of carbonyl (C=O) groups is 1. The molecule has 1 amide bonds. The van der Waals surface area contributed by atoms with Crippen LogP contribution in [0.25, 0.3) is 0 Å². The molecule has 0 saturated carbocycles. The predicted molar refractivity (Wildman–Crippen MR) is 50.6 cm³/mol. The van der Waals surface area contributed by atoms with Gasteiger partial charge >= 0.3 is 0 Å². The van der Waals surface area contributed by atoms with Crippen LogP contribution in [0.3, 0.4) is 0 Å². The maximum atomic E-state index is 10.8. The van der Waals surface area contributed by atoms with Gasteiger partial charge in [0, 0.05) is 26.8 Å². The van der Waals surface area contributed by atoms with Gasteiger partial charge in [0.25, 0.3) is 5.24 Å². The Morgan fingerprint density at radius 2 is 2.17 bits per heavy atom. The Morgan fingerprint density at radius 1 is 1.58 bits per heavy atom. The third-order valence-corrected chi connectivity index (χ3v) is 2.54.